The van der Waals surface area contributed by atoms with Gasteiger partial charge in [0, 0.05) is 19.0 Å². The summed E-state index contributed by atoms with van der Waals surface area (Å²) in [4.78, 5) is 26.7. The molecule has 0 N–H and O–H groups in total. The highest BCUT2D eigenvalue weighted by molar-refractivity contribution is 5.77. The molecule has 1 heterocycles. The molecule has 1 aromatic carbocycles. The van der Waals surface area contributed by atoms with Gasteiger partial charge in [0.25, 0.3) is 0 Å². The van der Waals surface area contributed by atoms with E-state index < -0.39 is 17.6 Å². The topological polar surface area (TPSA) is 74.3 Å². The Morgan fingerprint density at radius 1 is 1.03 bits per heavy atom. The van der Waals surface area contributed by atoms with Gasteiger partial charge < -0.3 is 23.8 Å². The monoisotopic (exact) mass is 419 g/mol. The lowest BCUT2D eigenvalue weighted by Gasteiger charge is -2.24. The van der Waals surface area contributed by atoms with Crippen molar-refractivity contribution >= 4 is 12.1 Å². The third-order valence-electron chi connectivity index (χ3n) is 5.69. The lowest BCUT2D eigenvalue weighted by molar-refractivity contribution is -0.145. The van der Waals surface area contributed by atoms with Crippen molar-refractivity contribution in [2.75, 3.05) is 27.3 Å². The second kappa shape index (κ2) is 9.14. The summed E-state index contributed by atoms with van der Waals surface area (Å²) in [6, 6.07) is 5.74. The molecule has 0 spiro atoms. The standard InChI is InChI=1S/C23H33NO6/c1-23(2,3)30-22(26)24-13-17(18(14-24)21(25)28-5)15-10-11-19(27-4)20(12-15)29-16-8-6-7-9-16/h10-12,16-18H,6-9,13-14H2,1-5H3/t17-,18+/m0/s1. The number of carbonyl (C=O) groups excluding carboxylic acids is 2. The van der Waals surface area contributed by atoms with Gasteiger partial charge in [-0.05, 0) is 64.2 Å². The van der Waals surface area contributed by atoms with Crippen LogP contribution < -0.4 is 9.47 Å². The Balaban J connectivity index is 1.85. The van der Waals surface area contributed by atoms with E-state index in [1.165, 1.54) is 20.0 Å². The summed E-state index contributed by atoms with van der Waals surface area (Å²) in [7, 11) is 2.99. The molecule has 1 aliphatic carbocycles. The van der Waals surface area contributed by atoms with Gasteiger partial charge in [0.2, 0.25) is 0 Å². The number of hydrogen-bond donors (Lipinski definition) is 0. The van der Waals surface area contributed by atoms with Crippen LogP contribution in [0.2, 0.25) is 0 Å². The highest BCUT2D eigenvalue weighted by Gasteiger charge is 2.42. The number of amides is 1. The maximum absolute atomic E-state index is 12.6. The van der Waals surface area contributed by atoms with Crippen LogP contribution >= 0.6 is 0 Å². The number of hydrogen-bond acceptors (Lipinski definition) is 6. The number of esters is 1. The molecule has 1 saturated heterocycles. The van der Waals surface area contributed by atoms with E-state index >= 15 is 0 Å². The maximum atomic E-state index is 12.6. The van der Waals surface area contributed by atoms with Crippen molar-refractivity contribution in [3.63, 3.8) is 0 Å². The van der Waals surface area contributed by atoms with E-state index in [-0.39, 0.29) is 24.5 Å². The van der Waals surface area contributed by atoms with Gasteiger partial charge in [-0.3, -0.25) is 4.79 Å². The number of rotatable bonds is 5. The van der Waals surface area contributed by atoms with E-state index in [2.05, 4.69) is 0 Å². The Bertz CT molecular complexity index is 765. The van der Waals surface area contributed by atoms with E-state index in [0.29, 0.717) is 18.0 Å². The first-order chi connectivity index (χ1) is 14.2. The van der Waals surface area contributed by atoms with Crippen LogP contribution in [0.4, 0.5) is 4.79 Å². The molecule has 0 aromatic heterocycles. The first-order valence-electron chi connectivity index (χ1n) is 10.6. The molecule has 7 heteroatoms. The zero-order valence-electron chi connectivity index (χ0n) is 18.6. The minimum absolute atomic E-state index is 0.187. The van der Waals surface area contributed by atoms with Crippen molar-refractivity contribution in [3.05, 3.63) is 23.8 Å². The largest absolute Gasteiger partial charge is 0.493 e. The Morgan fingerprint density at radius 2 is 1.73 bits per heavy atom. The summed E-state index contributed by atoms with van der Waals surface area (Å²) >= 11 is 0. The highest BCUT2D eigenvalue weighted by atomic mass is 16.6. The van der Waals surface area contributed by atoms with Crippen molar-refractivity contribution in [1.29, 1.82) is 0 Å². The fourth-order valence-corrected chi connectivity index (χ4v) is 4.21. The molecule has 1 amide bonds. The molecule has 0 radical (unpaired) electrons. The van der Waals surface area contributed by atoms with Gasteiger partial charge in [0.15, 0.2) is 11.5 Å². The summed E-state index contributed by atoms with van der Waals surface area (Å²) in [6.07, 6.45) is 4.18. The van der Waals surface area contributed by atoms with Gasteiger partial charge in [-0.2, -0.15) is 0 Å². The fraction of sp³-hybridized carbons (Fsp3) is 0.652. The maximum Gasteiger partial charge on any atom is 0.410 e. The normalized spacial score (nSPS) is 22.1. The molecule has 7 nitrogen and oxygen atoms in total. The lowest BCUT2D eigenvalue weighted by atomic mass is 9.89. The average molecular weight is 420 g/mol. The molecule has 2 aliphatic rings. The van der Waals surface area contributed by atoms with E-state index in [0.717, 1.165) is 18.4 Å². The zero-order chi connectivity index (χ0) is 21.9. The van der Waals surface area contributed by atoms with E-state index in [4.69, 9.17) is 18.9 Å². The van der Waals surface area contributed by atoms with Crippen LogP contribution in [0, 0.1) is 5.92 Å². The predicted molar refractivity (Wildman–Crippen MR) is 112 cm³/mol. The number of likely N-dealkylation sites (tertiary alicyclic amines) is 1. The van der Waals surface area contributed by atoms with Crippen molar-refractivity contribution in [1.82, 2.24) is 4.90 Å². The summed E-state index contributed by atoms with van der Waals surface area (Å²) in [5, 5.41) is 0. The molecule has 3 rings (SSSR count). The van der Waals surface area contributed by atoms with Crippen LogP contribution in [-0.2, 0) is 14.3 Å². The first-order valence-corrected chi connectivity index (χ1v) is 10.6. The molecular weight excluding hydrogens is 386 g/mol. The van der Waals surface area contributed by atoms with Gasteiger partial charge in [0.05, 0.1) is 26.2 Å². The van der Waals surface area contributed by atoms with Crippen molar-refractivity contribution < 1.29 is 28.5 Å². The molecule has 2 fully saturated rings. The molecule has 1 saturated carbocycles. The summed E-state index contributed by atoms with van der Waals surface area (Å²) < 4.78 is 22.2. The van der Waals surface area contributed by atoms with Crippen LogP contribution in [0.15, 0.2) is 18.2 Å². The highest BCUT2D eigenvalue weighted by Crippen LogP contribution is 2.39. The Labute approximate surface area is 178 Å². The minimum Gasteiger partial charge on any atom is -0.493 e. The van der Waals surface area contributed by atoms with Crippen LogP contribution in [-0.4, -0.2) is 56.0 Å². The SMILES string of the molecule is COC(=O)[C@@H]1CN(C(=O)OC(C)(C)C)C[C@H]1c1ccc(OC)c(OC2CCCC2)c1. The second-order valence-corrected chi connectivity index (χ2v) is 9.06. The van der Waals surface area contributed by atoms with Gasteiger partial charge in [0.1, 0.15) is 5.60 Å². The van der Waals surface area contributed by atoms with Crippen LogP contribution in [0.3, 0.4) is 0 Å². The predicted octanol–water partition coefficient (Wildman–Crippen LogP) is 4.14. The number of nitrogens with zero attached hydrogens (tertiary/aromatic N) is 1. The van der Waals surface area contributed by atoms with Crippen LogP contribution in [0.25, 0.3) is 0 Å². The quantitative estimate of drug-likeness (QED) is 0.668. The number of methoxy groups -OCH3 is 2. The number of benzene rings is 1. The first kappa shape index (κ1) is 22.2. The minimum atomic E-state index is -0.599. The Morgan fingerprint density at radius 3 is 2.33 bits per heavy atom. The Kier molecular flexibility index (Phi) is 6.78. The number of ether oxygens (including phenoxy) is 4. The smallest absolute Gasteiger partial charge is 0.410 e. The third-order valence-corrected chi connectivity index (χ3v) is 5.69. The van der Waals surface area contributed by atoms with Crippen molar-refractivity contribution in [3.8, 4) is 11.5 Å². The molecule has 1 aliphatic heterocycles. The molecule has 1 aromatic rings. The summed E-state index contributed by atoms with van der Waals surface area (Å²) in [5.41, 5.74) is 0.323. The second-order valence-electron chi connectivity index (χ2n) is 9.06. The van der Waals surface area contributed by atoms with Gasteiger partial charge in [-0.1, -0.05) is 6.07 Å². The third kappa shape index (κ3) is 5.18. The summed E-state index contributed by atoms with van der Waals surface area (Å²) in [6.45, 7) is 6.12. The molecule has 0 bridgehead atoms. The van der Waals surface area contributed by atoms with Crippen LogP contribution in [0.1, 0.15) is 57.9 Å². The molecule has 30 heavy (non-hydrogen) atoms. The van der Waals surface area contributed by atoms with Gasteiger partial charge in [-0.25, -0.2) is 4.79 Å². The van der Waals surface area contributed by atoms with E-state index in [1.807, 2.05) is 39.0 Å². The fourth-order valence-electron chi connectivity index (χ4n) is 4.21. The number of carbonyl (C=O) groups is 2. The van der Waals surface area contributed by atoms with E-state index in [9.17, 15) is 9.59 Å². The molecule has 166 valence electrons. The molecular formula is C23H33NO6. The zero-order valence-corrected chi connectivity index (χ0v) is 18.6. The van der Waals surface area contributed by atoms with Gasteiger partial charge >= 0.3 is 12.1 Å². The lowest BCUT2D eigenvalue weighted by Crippen LogP contribution is -2.36. The molecule has 0 unspecified atom stereocenters. The molecule has 2 atom stereocenters. The Hall–Kier alpha value is -2.44. The van der Waals surface area contributed by atoms with Gasteiger partial charge in [-0.15, -0.1) is 0 Å². The summed E-state index contributed by atoms with van der Waals surface area (Å²) in [5.74, 6) is 0.348. The van der Waals surface area contributed by atoms with E-state index in [1.54, 1.807) is 12.0 Å². The van der Waals surface area contributed by atoms with Crippen molar-refractivity contribution in [2.45, 2.75) is 64.1 Å². The van der Waals surface area contributed by atoms with Crippen LogP contribution in [0.5, 0.6) is 11.5 Å². The average Bonchev–Trinajstić information content (AvgIpc) is 3.36. The van der Waals surface area contributed by atoms with Crippen molar-refractivity contribution in [2.24, 2.45) is 5.92 Å².